The predicted molar refractivity (Wildman–Crippen MR) is 132 cm³/mol. The first-order valence-electron chi connectivity index (χ1n) is 11.5. The van der Waals surface area contributed by atoms with Crippen LogP contribution in [0, 0.1) is 6.92 Å². The Morgan fingerprint density at radius 3 is 2.76 bits per heavy atom. The fraction of sp³-hybridized carbons (Fsp3) is 0.214. The molecule has 0 radical (unpaired) electrons. The Balaban J connectivity index is 1.37. The molecule has 3 aromatic heterocycles. The molecule has 1 N–H and O–H groups in total. The smallest absolute Gasteiger partial charge is 0.255 e. The van der Waals surface area contributed by atoms with E-state index in [1.54, 1.807) is 6.20 Å². The van der Waals surface area contributed by atoms with Gasteiger partial charge >= 0.3 is 0 Å². The van der Waals surface area contributed by atoms with Crippen LogP contribution in [0.2, 0.25) is 0 Å². The van der Waals surface area contributed by atoms with Gasteiger partial charge in [0.05, 0.1) is 17.8 Å². The number of fused-ring (bicyclic) bond motifs is 4. The maximum absolute atomic E-state index is 13.7. The van der Waals surface area contributed by atoms with Gasteiger partial charge in [0.25, 0.3) is 5.56 Å². The highest BCUT2D eigenvalue weighted by atomic mass is 16.1. The van der Waals surface area contributed by atoms with E-state index in [9.17, 15) is 4.79 Å². The van der Waals surface area contributed by atoms with Gasteiger partial charge in [-0.05, 0) is 60.2 Å². The number of nitrogens with zero attached hydrogens (tertiary/aromatic N) is 3. The lowest BCUT2D eigenvalue weighted by atomic mass is 10.0. The van der Waals surface area contributed by atoms with Gasteiger partial charge in [-0.15, -0.1) is 0 Å². The van der Waals surface area contributed by atoms with Crippen molar-refractivity contribution < 1.29 is 0 Å². The first kappa shape index (κ1) is 19.9. The molecule has 0 atom stereocenters. The van der Waals surface area contributed by atoms with Gasteiger partial charge in [0.1, 0.15) is 0 Å². The molecule has 1 aliphatic rings. The second-order valence-electron chi connectivity index (χ2n) is 9.03. The number of aromatic nitrogens is 3. The van der Waals surface area contributed by atoms with E-state index >= 15 is 0 Å². The Bertz CT molecular complexity index is 1530. The number of aryl methyl sites for hydroxylation is 1. The van der Waals surface area contributed by atoms with Crippen molar-refractivity contribution in [3.05, 3.63) is 111 Å². The molecule has 2 aromatic carbocycles. The predicted octanol–water partition coefficient (Wildman–Crippen LogP) is 4.79. The van der Waals surface area contributed by atoms with E-state index in [0.717, 1.165) is 47.2 Å². The van der Waals surface area contributed by atoms with E-state index in [4.69, 9.17) is 0 Å². The summed E-state index contributed by atoms with van der Waals surface area (Å²) in [4.78, 5) is 24.1. The molecule has 4 heterocycles. The molecule has 33 heavy (non-hydrogen) atoms. The van der Waals surface area contributed by atoms with Gasteiger partial charge in [-0.3, -0.25) is 14.7 Å². The minimum Gasteiger partial charge on any atom is -0.357 e. The number of pyridine rings is 2. The summed E-state index contributed by atoms with van der Waals surface area (Å²) in [5, 5.41) is 2.42. The minimum absolute atomic E-state index is 0.0706. The molecule has 5 aromatic rings. The average Bonchev–Trinajstić information content (AvgIpc) is 3.20. The van der Waals surface area contributed by atoms with Crippen molar-refractivity contribution in [2.24, 2.45) is 0 Å². The van der Waals surface area contributed by atoms with Crippen molar-refractivity contribution in [2.45, 2.75) is 33.0 Å². The van der Waals surface area contributed by atoms with Crippen molar-refractivity contribution in [3.63, 3.8) is 0 Å². The van der Waals surface area contributed by atoms with Crippen LogP contribution in [-0.4, -0.2) is 26.0 Å². The van der Waals surface area contributed by atoms with Gasteiger partial charge in [-0.2, -0.15) is 0 Å². The fourth-order valence-electron chi connectivity index (χ4n) is 5.09. The van der Waals surface area contributed by atoms with Crippen LogP contribution in [0.1, 0.15) is 28.1 Å². The molecular weight excluding hydrogens is 408 g/mol. The molecule has 0 bridgehead atoms. The van der Waals surface area contributed by atoms with Crippen LogP contribution in [0.5, 0.6) is 0 Å². The van der Waals surface area contributed by atoms with Crippen LogP contribution in [0.3, 0.4) is 0 Å². The van der Waals surface area contributed by atoms with E-state index in [0.29, 0.717) is 13.1 Å². The van der Waals surface area contributed by atoms with Gasteiger partial charge in [-0.25, -0.2) is 0 Å². The van der Waals surface area contributed by atoms with Crippen molar-refractivity contribution in [3.8, 4) is 0 Å². The normalized spacial score (nSPS) is 14.1. The Morgan fingerprint density at radius 1 is 1.00 bits per heavy atom. The largest absolute Gasteiger partial charge is 0.357 e. The lowest BCUT2D eigenvalue weighted by Crippen LogP contribution is -2.34. The third kappa shape index (κ3) is 3.64. The SMILES string of the molecule is Cc1ccc2cc(CN3CCc4c([nH]c5ccccc45)C3)c(=O)n(Cc3ccccn3)c2c1. The lowest BCUT2D eigenvalue weighted by Gasteiger charge is -2.27. The number of para-hydroxylation sites is 1. The summed E-state index contributed by atoms with van der Waals surface area (Å²) in [6.07, 6.45) is 2.78. The zero-order chi connectivity index (χ0) is 22.4. The quantitative estimate of drug-likeness (QED) is 0.442. The van der Waals surface area contributed by atoms with Crippen LogP contribution in [-0.2, 0) is 26.1 Å². The van der Waals surface area contributed by atoms with E-state index < -0.39 is 0 Å². The maximum Gasteiger partial charge on any atom is 0.255 e. The van der Waals surface area contributed by atoms with Crippen LogP contribution in [0.4, 0.5) is 0 Å². The number of hydrogen-bond donors (Lipinski definition) is 1. The van der Waals surface area contributed by atoms with Crippen molar-refractivity contribution in [2.75, 3.05) is 6.54 Å². The van der Waals surface area contributed by atoms with E-state index in [-0.39, 0.29) is 5.56 Å². The Morgan fingerprint density at radius 2 is 1.88 bits per heavy atom. The molecule has 6 rings (SSSR count). The topological polar surface area (TPSA) is 53.9 Å². The van der Waals surface area contributed by atoms with Gasteiger partial charge in [0.15, 0.2) is 0 Å². The standard InChI is InChI=1S/C28H26N4O/c1-19-9-10-20-15-21(28(33)32(27(20)14-19)17-22-6-4-5-12-29-22)16-31-13-11-24-23-7-2-3-8-25(23)30-26(24)18-31/h2-10,12,14-15,30H,11,13,16-18H2,1H3. The first-order chi connectivity index (χ1) is 16.2. The zero-order valence-corrected chi connectivity index (χ0v) is 18.7. The average molecular weight is 435 g/mol. The zero-order valence-electron chi connectivity index (χ0n) is 18.7. The summed E-state index contributed by atoms with van der Waals surface area (Å²) in [5.74, 6) is 0. The summed E-state index contributed by atoms with van der Waals surface area (Å²) < 4.78 is 1.89. The third-order valence-electron chi connectivity index (χ3n) is 6.73. The second-order valence-corrected chi connectivity index (χ2v) is 9.03. The fourth-order valence-corrected chi connectivity index (χ4v) is 5.09. The van der Waals surface area contributed by atoms with Crippen LogP contribution < -0.4 is 5.56 Å². The maximum atomic E-state index is 13.7. The minimum atomic E-state index is 0.0706. The number of H-pyrrole nitrogens is 1. The highest BCUT2D eigenvalue weighted by molar-refractivity contribution is 5.85. The number of hydrogen-bond acceptors (Lipinski definition) is 3. The molecule has 0 amide bonds. The molecule has 0 spiro atoms. The number of benzene rings is 2. The number of nitrogens with one attached hydrogen (secondary N) is 1. The number of aromatic amines is 1. The summed E-state index contributed by atoms with van der Waals surface area (Å²) in [6.45, 7) is 4.95. The van der Waals surface area contributed by atoms with E-state index in [1.165, 1.54) is 22.2 Å². The molecule has 0 saturated carbocycles. The van der Waals surface area contributed by atoms with Crippen molar-refractivity contribution in [1.82, 2.24) is 19.4 Å². The molecule has 1 aliphatic heterocycles. The molecule has 0 aliphatic carbocycles. The molecule has 5 nitrogen and oxygen atoms in total. The van der Waals surface area contributed by atoms with Crippen LogP contribution >= 0.6 is 0 Å². The van der Waals surface area contributed by atoms with Crippen molar-refractivity contribution >= 4 is 21.8 Å². The van der Waals surface area contributed by atoms with Gasteiger partial charge in [-0.1, -0.05) is 36.4 Å². The lowest BCUT2D eigenvalue weighted by molar-refractivity contribution is 0.242. The Kier molecular flexibility index (Phi) is 4.84. The van der Waals surface area contributed by atoms with Gasteiger partial charge in [0.2, 0.25) is 0 Å². The Hall–Kier alpha value is -3.70. The third-order valence-corrected chi connectivity index (χ3v) is 6.73. The molecule has 0 fully saturated rings. The van der Waals surface area contributed by atoms with Crippen molar-refractivity contribution in [1.29, 1.82) is 0 Å². The highest BCUT2D eigenvalue weighted by Crippen LogP contribution is 2.28. The van der Waals surface area contributed by atoms with E-state index in [2.05, 4.69) is 70.3 Å². The summed E-state index contributed by atoms with van der Waals surface area (Å²) >= 11 is 0. The van der Waals surface area contributed by atoms with Gasteiger partial charge in [0, 0.05) is 48.0 Å². The Labute approximate surface area is 192 Å². The van der Waals surface area contributed by atoms with Gasteiger partial charge < -0.3 is 9.55 Å². The highest BCUT2D eigenvalue weighted by Gasteiger charge is 2.22. The molecule has 164 valence electrons. The van der Waals surface area contributed by atoms with Crippen LogP contribution in [0.15, 0.2) is 77.7 Å². The summed E-state index contributed by atoms with van der Waals surface area (Å²) in [7, 11) is 0. The summed E-state index contributed by atoms with van der Waals surface area (Å²) in [6, 6.07) is 22.8. The molecule has 5 heteroatoms. The second kappa shape index (κ2) is 8.01. The number of rotatable bonds is 4. The van der Waals surface area contributed by atoms with E-state index in [1.807, 2.05) is 22.8 Å². The monoisotopic (exact) mass is 434 g/mol. The summed E-state index contributed by atoms with van der Waals surface area (Å²) in [5.41, 5.74) is 7.79. The molecule has 0 saturated heterocycles. The van der Waals surface area contributed by atoms with Crippen LogP contribution in [0.25, 0.3) is 21.8 Å². The first-order valence-corrected chi connectivity index (χ1v) is 11.5. The molecular formula is C28H26N4O. The molecule has 0 unspecified atom stereocenters.